The Bertz CT molecular complexity index is 1140. The summed E-state index contributed by atoms with van der Waals surface area (Å²) >= 11 is 0. The van der Waals surface area contributed by atoms with Crippen molar-refractivity contribution >= 4 is 28.9 Å². The van der Waals surface area contributed by atoms with Gasteiger partial charge in [0.15, 0.2) is 0 Å². The molecule has 1 unspecified atom stereocenters. The van der Waals surface area contributed by atoms with Crippen molar-refractivity contribution in [1.29, 1.82) is 0 Å². The molecule has 0 radical (unpaired) electrons. The van der Waals surface area contributed by atoms with Gasteiger partial charge in [-0.3, -0.25) is 14.5 Å². The Balaban J connectivity index is 1.42. The van der Waals surface area contributed by atoms with Gasteiger partial charge >= 0.3 is 0 Å². The van der Waals surface area contributed by atoms with Gasteiger partial charge in [-0.15, -0.1) is 0 Å². The van der Waals surface area contributed by atoms with E-state index in [2.05, 4.69) is 15.5 Å². The van der Waals surface area contributed by atoms with Gasteiger partial charge in [-0.25, -0.2) is 4.39 Å². The van der Waals surface area contributed by atoms with Gasteiger partial charge in [-0.1, -0.05) is 18.2 Å². The Morgan fingerprint density at radius 3 is 2.21 bits per heavy atom. The maximum absolute atomic E-state index is 13.2. The second kappa shape index (κ2) is 9.83. The van der Waals surface area contributed by atoms with E-state index in [9.17, 15) is 14.0 Å². The number of rotatable bonds is 6. The summed E-state index contributed by atoms with van der Waals surface area (Å²) in [4.78, 5) is 27.4. The van der Waals surface area contributed by atoms with E-state index in [1.807, 2.05) is 13.0 Å². The Hall–Kier alpha value is -3.71. The van der Waals surface area contributed by atoms with E-state index in [1.165, 1.54) is 12.1 Å². The fourth-order valence-corrected chi connectivity index (χ4v) is 3.93. The van der Waals surface area contributed by atoms with Gasteiger partial charge < -0.3 is 16.4 Å². The molecule has 6 nitrogen and oxygen atoms in total. The molecule has 4 rings (SSSR count). The predicted molar refractivity (Wildman–Crippen MR) is 130 cm³/mol. The van der Waals surface area contributed by atoms with E-state index in [0.717, 1.165) is 37.1 Å². The minimum atomic E-state index is -0.318. The third kappa shape index (κ3) is 5.38. The van der Waals surface area contributed by atoms with Crippen LogP contribution < -0.4 is 16.4 Å². The van der Waals surface area contributed by atoms with Crippen molar-refractivity contribution < 1.29 is 14.0 Å². The van der Waals surface area contributed by atoms with Crippen molar-refractivity contribution in [2.45, 2.75) is 25.8 Å². The van der Waals surface area contributed by atoms with E-state index in [0.29, 0.717) is 22.6 Å². The van der Waals surface area contributed by atoms with Crippen molar-refractivity contribution in [3.63, 3.8) is 0 Å². The fourth-order valence-electron chi connectivity index (χ4n) is 3.93. The second-order valence-electron chi connectivity index (χ2n) is 8.25. The number of anilines is 3. The van der Waals surface area contributed by atoms with Gasteiger partial charge in [-0.2, -0.15) is 0 Å². The van der Waals surface area contributed by atoms with Crippen molar-refractivity contribution in [2.75, 3.05) is 29.5 Å². The summed E-state index contributed by atoms with van der Waals surface area (Å²) in [5.41, 5.74) is 9.65. The number of benzene rings is 3. The lowest BCUT2D eigenvalue weighted by atomic mass is 10.0. The molecule has 0 saturated carbocycles. The van der Waals surface area contributed by atoms with E-state index >= 15 is 0 Å². The molecule has 4 N–H and O–H groups in total. The summed E-state index contributed by atoms with van der Waals surface area (Å²) in [6.07, 6.45) is 2.25. The van der Waals surface area contributed by atoms with Crippen LogP contribution in [0, 0.1) is 5.82 Å². The monoisotopic (exact) mass is 446 g/mol. The Labute approximate surface area is 192 Å². The number of carbonyl (C=O) groups excluding carboxylic acids is 2. The number of nitrogen functional groups attached to an aromatic ring is 1. The molecule has 170 valence electrons. The summed E-state index contributed by atoms with van der Waals surface area (Å²) in [5, 5.41) is 5.75. The van der Waals surface area contributed by atoms with Crippen LogP contribution in [0.25, 0.3) is 11.1 Å². The topological polar surface area (TPSA) is 87.5 Å². The predicted octanol–water partition coefficient (Wildman–Crippen LogP) is 4.75. The SMILES string of the molecule is CC(C(=O)Nc1ccc(C(=O)Nc2cc(-c3ccc(F)cc3)ccc2N)cc1)N1CCCC1. The van der Waals surface area contributed by atoms with Crippen molar-refractivity contribution in [3.05, 3.63) is 78.1 Å². The standard InChI is InChI=1S/C26H27FN4O2/c1-17(31-14-2-3-15-31)25(32)29-22-11-6-19(7-12-22)26(33)30-24-16-20(8-13-23(24)28)18-4-9-21(27)10-5-18/h4-13,16-17H,2-3,14-15,28H2,1H3,(H,29,32)(H,30,33). The molecule has 1 aliphatic heterocycles. The normalized spacial score (nSPS) is 14.6. The first-order valence-electron chi connectivity index (χ1n) is 11.0. The molecule has 7 heteroatoms. The van der Waals surface area contributed by atoms with Crippen LogP contribution in [0.4, 0.5) is 21.5 Å². The van der Waals surface area contributed by atoms with Gasteiger partial charge in [0.2, 0.25) is 5.91 Å². The number of carbonyl (C=O) groups is 2. The first-order valence-corrected chi connectivity index (χ1v) is 11.0. The lowest BCUT2D eigenvalue weighted by Gasteiger charge is -2.22. The number of nitrogens with one attached hydrogen (secondary N) is 2. The van der Waals surface area contributed by atoms with E-state index in [4.69, 9.17) is 5.73 Å². The van der Waals surface area contributed by atoms with Crippen LogP contribution in [0.3, 0.4) is 0 Å². The summed E-state index contributed by atoms with van der Waals surface area (Å²) < 4.78 is 13.2. The molecule has 0 bridgehead atoms. The van der Waals surface area contributed by atoms with Crippen LogP contribution in [0.2, 0.25) is 0 Å². The van der Waals surface area contributed by atoms with Crippen LogP contribution in [-0.2, 0) is 4.79 Å². The first kappa shape index (κ1) is 22.5. The molecule has 0 aliphatic carbocycles. The second-order valence-corrected chi connectivity index (χ2v) is 8.25. The number of nitrogens with zero attached hydrogens (tertiary/aromatic N) is 1. The minimum absolute atomic E-state index is 0.0560. The number of likely N-dealkylation sites (tertiary alicyclic amines) is 1. The van der Waals surface area contributed by atoms with Crippen molar-refractivity contribution in [2.24, 2.45) is 0 Å². The highest BCUT2D eigenvalue weighted by Crippen LogP contribution is 2.28. The van der Waals surface area contributed by atoms with Crippen molar-refractivity contribution in [3.8, 4) is 11.1 Å². The Morgan fingerprint density at radius 1 is 0.909 bits per heavy atom. The quantitative estimate of drug-likeness (QED) is 0.477. The highest BCUT2D eigenvalue weighted by Gasteiger charge is 2.23. The number of halogens is 1. The smallest absolute Gasteiger partial charge is 0.255 e. The molecule has 33 heavy (non-hydrogen) atoms. The minimum Gasteiger partial charge on any atom is -0.397 e. The van der Waals surface area contributed by atoms with Crippen LogP contribution in [0.1, 0.15) is 30.1 Å². The summed E-state index contributed by atoms with van der Waals surface area (Å²) in [7, 11) is 0. The van der Waals surface area contributed by atoms with E-state index in [-0.39, 0.29) is 23.7 Å². The number of hydrogen-bond donors (Lipinski definition) is 3. The zero-order chi connectivity index (χ0) is 23.4. The largest absolute Gasteiger partial charge is 0.397 e. The molecule has 0 spiro atoms. The molecule has 1 fully saturated rings. The maximum atomic E-state index is 13.2. The average Bonchev–Trinajstić information content (AvgIpc) is 3.36. The molecule has 3 aromatic carbocycles. The molecule has 3 aromatic rings. The Morgan fingerprint density at radius 2 is 1.55 bits per heavy atom. The molecule has 1 atom stereocenters. The third-order valence-electron chi connectivity index (χ3n) is 5.96. The number of hydrogen-bond acceptors (Lipinski definition) is 4. The highest BCUT2D eigenvalue weighted by molar-refractivity contribution is 6.06. The van der Waals surface area contributed by atoms with Gasteiger partial charge in [0.1, 0.15) is 5.82 Å². The van der Waals surface area contributed by atoms with Gasteiger partial charge in [0.25, 0.3) is 5.91 Å². The molecule has 1 saturated heterocycles. The maximum Gasteiger partial charge on any atom is 0.255 e. The Kier molecular flexibility index (Phi) is 6.70. The molecular formula is C26H27FN4O2. The fraction of sp³-hybridized carbons (Fsp3) is 0.231. The number of amides is 2. The van der Waals surface area contributed by atoms with E-state index < -0.39 is 0 Å². The lowest BCUT2D eigenvalue weighted by Crippen LogP contribution is -2.40. The highest BCUT2D eigenvalue weighted by atomic mass is 19.1. The molecule has 0 aromatic heterocycles. The van der Waals surface area contributed by atoms with Gasteiger partial charge in [0.05, 0.1) is 17.4 Å². The lowest BCUT2D eigenvalue weighted by molar-refractivity contribution is -0.120. The van der Waals surface area contributed by atoms with E-state index in [1.54, 1.807) is 48.5 Å². The first-order chi connectivity index (χ1) is 15.9. The van der Waals surface area contributed by atoms with Crippen LogP contribution >= 0.6 is 0 Å². The van der Waals surface area contributed by atoms with Gasteiger partial charge in [-0.05, 0) is 92.5 Å². The third-order valence-corrected chi connectivity index (χ3v) is 5.96. The zero-order valence-electron chi connectivity index (χ0n) is 18.5. The molecule has 1 heterocycles. The van der Waals surface area contributed by atoms with Gasteiger partial charge in [0, 0.05) is 11.3 Å². The summed E-state index contributed by atoms with van der Waals surface area (Å²) in [6, 6.07) is 17.9. The molecular weight excluding hydrogens is 419 g/mol. The number of nitrogens with two attached hydrogens (primary N) is 1. The molecule has 1 aliphatic rings. The zero-order valence-corrected chi connectivity index (χ0v) is 18.5. The van der Waals surface area contributed by atoms with Crippen LogP contribution in [0.15, 0.2) is 66.7 Å². The van der Waals surface area contributed by atoms with Crippen LogP contribution in [-0.4, -0.2) is 35.8 Å². The summed E-state index contributed by atoms with van der Waals surface area (Å²) in [6.45, 7) is 3.80. The van der Waals surface area contributed by atoms with Crippen LogP contribution in [0.5, 0.6) is 0 Å². The average molecular weight is 447 g/mol. The van der Waals surface area contributed by atoms with Crippen molar-refractivity contribution in [1.82, 2.24) is 4.90 Å². The summed E-state index contributed by atoms with van der Waals surface area (Å²) in [5.74, 6) is -0.686. The molecule has 2 amide bonds.